The van der Waals surface area contributed by atoms with Crippen molar-refractivity contribution in [3.8, 4) is 5.69 Å². The number of ether oxygens (including phenoxy) is 1. The van der Waals surface area contributed by atoms with Gasteiger partial charge in [-0.3, -0.25) is 0 Å². The zero-order valence-corrected chi connectivity index (χ0v) is 16.7. The van der Waals surface area contributed by atoms with E-state index in [1.807, 2.05) is 6.07 Å². The smallest absolute Gasteiger partial charge is 0.321 e. The van der Waals surface area contributed by atoms with Crippen LogP contribution in [0.15, 0.2) is 36.7 Å². The quantitative estimate of drug-likeness (QED) is 0.724. The Balaban J connectivity index is 1.58. The van der Waals surface area contributed by atoms with Crippen LogP contribution in [0.3, 0.4) is 0 Å². The van der Waals surface area contributed by atoms with E-state index in [9.17, 15) is 9.18 Å². The molecule has 0 saturated carbocycles. The van der Waals surface area contributed by atoms with Crippen LogP contribution in [0, 0.1) is 5.82 Å². The number of anilines is 1. The molecule has 0 bridgehead atoms. The fourth-order valence-electron chi connectivity index (χ4n) is 3.45. The van der Waals surface area contributed by atoms with Crippen molar-refractivity contribution >= 4 is 22.8 Å². The number of fused-ring (bicyclic) bond motifs is 1. The molecule has 0 spiro atoms. The van der Waals surface area contributed by atoms with Gasteiger partial charge in [-0.2, -0.15) is 0 Å². The molecule has 0 radical (unpaired) electrons. The number of pyridine rings is 1. The second kappa shape index (κ2) is 7.79. The van der Waals surface area contributed by atoms with Crippen LogP contribution in [0.4, 0.5) is 14.9 Å². The Hall–Kier alpha value is -3.00. The van der Waals surface area contributed by atoms with Gasteiger partial charge in [-0.25, -0.2) is 18.9 Å². The number of carbonyl (C=O) groups is 1. The van der Waals surface area contributed by atoms with Crippen molar-refractivity contribution < 1.29 is 13.9 Å². The average Bonchev–Trinajstić information content (AvgIpc) is 3.35. The first kappa shape index (κ1) is 19.3. The van der Waals surface area contributed by atoms with E-state index in [2.05, 4.69) is 29.2 Å². The standard InChI is InChI=1S/C21H24FN5O2/c1-13(2)14-8-15-11-27(25-20(15)23-10-14)19-9-16(4-5-18(19)22)24-21(28)26-7-6-17(12-26)29-3/h4-5,8-11,13,17H,6-7,12H2,1-3H3,(H,24,28). The summed E-state index contributed by atoms with van der Waals surface area (Å²) in [6, 6.07) is 6.23. The number of amides is 2. The van der Waals surface area contributed by atoms with Gasteiger partial charge in [0.2, 0.25) is 0 Å². The molecule has 0 aliphatic carbocycles. The first-order valence-electron chi connectivity index (χ1n) is 9.68. The predicted octanol–water partition coefficient (Wildman–Crippen LogP) is 3.94. The molecular weight excluding hydrogens is 373 g/mol. The molecule has 1 unspecified atom stereocenters. The molecule has 8 heteroatoms. The zero-order valence-electron chi connectivity index (χ0n) is 16.7. The third-order valence-corrected chi connectivity index (χ3v) is 5.26. The maximum Gasteiger partial charge on any atom is 0.321 e. The number of carbonyl (C=O) groups excluding carboxylic acids is 1. The number of nitrogens with zero attached hydrogens (tertiary/aromatic N) is 4. The van der Waals surface area contributed by atoms with Gasteiger partial charge in [0.05, 0.1) is 6.10 Å². The molecule has 1 fully saturated rings. The summed E-state index contributed by atoms with van der Waals surface area (Å²) >= 11 is 0. The maximum atomic E-state index is 14.5. The van der Waals surface area contributed by atoms with Crippen molar-refractivity contribution in [3.05, 3.63) is 48.0 Å². The number of hydrogen-bond donors (Lipinski definition) is 1. The van der Waals surface area contributed by atoms with Crippen LogP contribution in [-0.2, 0) is 4.74 Å². The van der Waals surface area contributed by atoms with Gasteiger partial charge in [-0.05, 0) is 42.2 Å². The maximum absolute atomic E-state index is 14.5. The highest BCUT2D eigenvalue weighted by Crippen LogP contribution is 2.23. The summed E-state index contributed by atoms with van der Waals surface area (Å²) in [7, 11) is 1.64. The molecule has 4 rings (SSSR count). The third kappa shape index (κ3) is 3.93. The summed E-state index contributed by atoms with van der Waals surface area (Å²) in [5, 5.41) is 8.06. The van der Waals surface area contributed by atoms with Crippen molar-refractivity contribution in [2.75, 3.05) is 25.5 Å². The lowest BCUT2D eigenvalue weighted by Gasteiger charge is -2.17. The van der Waals surface area contributed by atoms with Crippen LogP contribution >= 0.6 is 0 Å². The number of aromatic nitrogens is 3. The fraction of sp³-hybridized carbons (Fsp3) is 0.381. The van der Waals surface area contributed by atoms with Crippen LogP contribution < -0.4 is 5.32 Å². The normalized spacial score (nSPS) is 16.7. The summed E-state index contributed by atoms with van der Waals surface area (Å²) in [6.45, 7) is 5.36. The minimum absolute atomic E-state index is 0.0595. The van der Waals surface area contributed by atoms with Gasteiger partial charge in [-0.15, -0.1) is 5.10 Å². The molecule has 3 heterocycles. The molecule has 1 aliphatic heterocycles. The summed E-state index contributed by atoms with van der Waals surface area (Å²) in [4.78, 5) is 18.5. The Labute approximate surface area is 168 Å². The summed E-state index contributed by atoms with van der Waals surface area (Å²) < 4.78 is 21.3. The second-order valence-electron chi connectivity index (χ2n) is 7.60. The first-order valence-corrected chi connectivity index (χ1v) is 9.68. The Bertz CT molecular complexity index is 1050. The molecule has 1 N–H and O–H groups in total. The average molecular weight is 397 g/mol. The Morgan fingerprint density at radius 1 is 1.34 bits per heavy atom. The van der Waals surface area contributed by atoms with Crippen molar-refractivity contribution in [2.45, 2.75) is 32.3 Å². The number of likely N-dealkylation sites (tertiary alicyclic amines) is 1. The molecule has 1 atom stereocenters. The number of benzene rings is 1. The van der Waals surface area contributed by atoms with Gasteiger partial charge in [0, 0.05) is 43.7 Å². The van der Waals surface area contributed by atoms with Gasteiger partial charge >= 0.3 is 6.03 Å². The molecule has 152 valence electrons. The van der Waals surface area contributed by atoms with E-state index in [1.54, 1.807) is 36.5 Å². The number of nitrogens with one attached hydrogen (secondary N) is 1. The number of rotatable bonds is 4. The first-order chi connectivity index (χ1) is 13.9. The minimum Gasteiger partial charge on any atom is -0.380 e. The molecule has 29 heavy (non-hydrogen) atoms. The number of halogens is 1. The van der Waals surface area contributed by atoms with Gasteiger partial charge in [0.1, 0.15) is 11.5 Å². The molecule has 1 aromatic carbocycles. The lowest BCUT2D eigenvalue weighted by Crippen LogP contribution is -2.33. The topological polar surface area (TPSA) is 72.3 Å². The van der Waals surface area contributed by atoms with Crippen molar-refractivity contribution in [1.82, 2.24) is 19.7 Å². The van der Waals surface area contributed by atoms with Crippen LogP contribution in [0.1, 0.15) is 31.7 Å². The predicted molar refractivity (Wildman–Crippen MR) is 109 cm³/mol. The Kier molecular flexibility index (Phi) is 5.19. The van der Waals surface area contributed by atoms with E-state index in [4.69, 9.17) is 4.74 Å². The van der Waals surface area contributed by atoms with Crippen LogP contribution in [0.25, 0.3) is 16.7 Å². The van der Waals surface area contributed by atoms with Crippen LogP contribution in [0.5, 0.6) is 0 Å². The zero-order chi connectivity index (χ0) is 20.5. The molecule has 2 aromatic heterocycles. The Morgan fingerprint density at radius 2 is 2.17 bits per heavy atom. The number of methoxy groups -OCH3 is 1. The highest BCUT2D eigenvalue weighted by molar-refractivity contribution is 5.90. The van der Waals surface area contributed by atoms with Gasteiger partial charge in [0.15, 0.2) is 5.65 Å². The molecule has 1 saturated heterocycles. The van der Waals surface area contributed by atoms with Crippen LogP contribution in [0.2, 0.25) is 0 Å². The van der Waals surface area contributed by atoms with E-state index in [-0.39, 0.29) is 17.8 Å². The summed E-state index contributed by atoms with van der Waals surface area (Å²) in [6.07, 6.45) is 4.41. The largest absolute Gasteiger partial charge is 0.380 e. The van der Waals surface area contributed by atoms with E-state index in [0.29, 0.717) is 30.3 Å². The van der Waals surface area contributed by atoms with Crippen molar-refractivity contribution in [3.63, 3.8) is 0 Å². The lowest BCUT2D eigenvalue weighted by molar-refractivity contribution is 0.111. The lowest BCUT2D eigenvalue weighted by atomic mass is 10.1. The molecule has 1 aliphatic rings. The second-order valence-corrected chi connectivity index (χ2v) is 7.60. The van der Waals surface area contributed by atoms with E-state index < -0.39 is 5.82 Å². The van der Waals surface area contributed by atoms with E-state index >= 15 is 0 Å². The molecule has 7 nitrogen and oxygen atoms in total. The summed E-state index contributed by atoms with van der Waals surface area (Å²) in [5.74, 6) is -0.0886. The van der Waals surface area contributed by atoms with E-state index in [1.165, 1.54) is 10.7 Å². The highest BCUT2D eigenvalue weighted by Gasteiger charge is 2.26. The van der Waals surface area contributed by atoms with Gasteiger partial charge in [0.25, 0.3) is 0 Å². The Morgan fingerprint density at radius 3 is 2.90 bits per heavy atom. The monoisotopic (exact) mass is 397 g/mol. The third-order valence-electron chi connectivity index (χ3n) is 5.26. The number of urea groups is 1. The van der Waals surface area contributed by atoms with Gasteiger partial charge < -0.3 is 15.0 Å². The minimum atomic E-state index is -0.430. The molecule has 2 amide bonds. The van der Waals surface area contributed by atoms with Crippen LogP contribution in [-0.4, -0.2) is 52.0 Å². The van der Waals surface area contributed by atoms with Crippen molar-refractivity contribution in [2.24, 2.45) is 0 Å². The highest BCUT2D eigenvalue weighted by atomic mass is 19.1. The summed E-state index contributed by atoms with van der Waals surface area (Å²) in [5.41, 5.74) is 2.40. The van der Waals surface area contributed by atoms with E-state index in [0.717, 1.165) is 17.4 Å². The fourth-order valence-corrected chi connectivity index (χ4v) is 3.45. The molecule has 3 aromatic rings. The SMILES string of the molecule is COC1CCN(C(=O)Nc2ccc(F)c(-n3cc4cc(C(C)C)cnc4n3)c2)C1. The van der Waals surface area contributed by atoms with Gasteiger partial charge in [-0.1, -0.05) is 13.8 Å². The number of hydrogen-bond acceptors (Lipinski definition) is 4. The molecular formula is C21H24FN5O2. The van der Waals surface area contributed by atoms with Crippen molar-refractivity contribution in [1.29, 1.82) is 0 Å².